The maximum Gasteiger partial charge on any atom is 0.125 e. The van der Waals surface area contributed by atoms with Crippen molar-refractivity contribution in [2.45, 2.75) is 44.4 Å². The molecule has 1 spiro atoms. The molecule has 2 unspecified atom stereocenters. The summed E-state index contributed by atoms with van der Waals surface area (Å²) in [6, 6.07) is 7.32. The summed E-state index contributed by atoms with van der Waals surface area (Å²) in [5.41, 5.74) is 1.26. The number of likely N-dealkylation sites (tertiary alicyclic amines) is 1. The zero-order valence-corrected chi connectivity index (χ0v) is 14.0. The van der Waals surface area contributed by atoms with Gasteiger partial charge in [0.05, 0.1) is 0 Å². The lowest BCUT2D eigenvalue weighted by Crippen LogP contribution is -2.46. The lowest BCUT2D eigenvalue weighted by atomic mass is 9.86. The van der Waals surface area contributed by atoms with Gasteiger partial charge in [-0.1, -0.05) is 15.9 Å². The SMILES string of the molecule is CNC1CC2(CCN(C(C)C)C2)Oc2ccc(Br)cc21. The first-order valence-corrected chi connectivity index (χ1v) is 8.22. The van der Waals surface area contributed by atoms with Crippen LogP contribution in [0.5, 0.6) is 5.75 Å². The summed E-state index contributed by atoms with van der Waals surface area (Å²) in [4.78, 5) is 2.52. The second-order valence-electron chi connectivity index (χ2n) is 6.33. The lowest BCUT2D eigenvalue weighted by Gasteiger charge is -2.40. The fraction of sp³-hybridized carbons (Fsp3) is 0.625. The topological polar surface area (TPSA) is 24.5 Å². The monoisotopic (exact) mass is 338 g/mol. The van der Waals surface area contributed by atoms with Gasteiger partial charge in [0.2, 0.25) is 0 Å². The molecule has 3 rings (SSSR count). The van der Waals surface area contributed by atoms with Crippen LogP contribution in [0.15, 0.2) is 22.7 Å². The van der Waals surface area contributed by atoms with Crippen molar-refractivity contribution in [2.24, 2.45) is 0 Å². The van der Waals surface area contributed by atoms with Crippen molar-refractivity contribution in [2.75, 3.05) is 20.1 Å². The first-order chi connectivity index (χ1) is 9.53. The Kier molecular flexibility index (Phi) is 3.82. The Hall–Kier alpha value is -0.580. The average Bonchev–Trinajstić information content (AvgIpc) is 2.82. The summed E-state index contributed by atoms with van der Waals surface area (Å²) in [7, 11) is 2.05. The van der Waals surface area contributed by atoms with Crippen molar-refractivity contribution >= 4 is 15.9 Å². The van der Waals surface area contributed by atoms with E-state index < -0.39 is 0 Å². The summed E-state index contributed by atoms with van der Waals surface area (Å²) in [6.07, 6.45) is 2.18. The predicted molar refractivity (Wildman–Crippen MR) is 85.2 cm³/mol. The molecule has 2 aliphatic rings. The number of hydrogen-bond acceptors (Lipinski definition) is 3. The molecule has 20 heavy (non-hydrogen) atoms. The molecule has 0 aromatic heterocycles. The van der Waals surface area contributed by atoms with Crippen LogP contribution < -0.4 is 10.1 Å². The molecular weight excluding hydrogens is 316 g/mol. The third kappa shape index (κ3) is 2.49. The molecular formula is C16H23BrN2O. The molecule has 1 aromatic carbocycles. The van der Waals surface area contributed by atoms with Crippen molar-refractivity contribution in [1.82, 2.24) is 10.2 Å². The maximum atomic E-state index is 6.45. The fourth-order valence-corrected chi connectivity index (χ4v) is 3.84. The number of benzene rings is 1. The summed E-state index contributed by atoms with van der Waals surface area (Å²) >= 11 is 3.56. The number of halogens is 1. The van der Waals surface area contributed by atoms with Crippen molar-refractivity contribution in [1.29, 1.82) is 0 Å². The van der Waals surface area contributed by atoms with Crippen molar-refractivity contribution < 1.29 is 4.74 Å². The van der Waals surface area contributed by atoms with E-state index >= 15 is 0 Å². The molecule has 110 valence electrons. The standard InChI is InChI=1S/C16H23BrN2O/c1-11(2)19-7-6-16(10-19)9-14(18-3)13-8-12(17)4-5-15(13)20-16/h4-5,8,11,14,18H,6-7,9-10H2,1-3H3. The Morgan fingerprint density at radius 2 is 2.25 bits per heavy atom. The summed E-state index contributed by atoms with van der Waals surface area (Å²) in [5, 5.41) is 3.46. The third-order valence-electron chi connectivity index (χ3n) is 4.67. The van der Waals surface area contributed by atoms with Crippen LogP contribution in [-0.4, -0.2) is 36.7 Å². The molecule has 2 atom stereocenters. The molecule has 3 nitrogen and oxygen atoms in total. The van der Waals surface area contributed by atoms with E-state index in [2.05, 4.69) is 58.2 Å². The quantitative estimate of drug-likeness (QED) is 0.894. The van der Waals surface area contributed by atoms with Gasteiger partial charge in [0, 0.05) is 48.1 Å². The molecule has 0 bridgehead atoms. The number of rotatable bonds is 2. The largest absolute Gasteiger partial charge is 0.485 e. The Morgan fingerprint density at radius 1 is 1.45 bits per heavy atom. The molecule has 2 heterocycles. The molecule has 1 saturated heterocycles. The van der Waals surface area contributed by atoms with Crippen molar-refractivity contribution in [3.8, 4) is 5.75 Å². The van der Waals surface area contributed by atoms with Gasteiger partial charge in [0.15, 0.2) is 0 Å². The second kappa shape index (κ2) is 5.32. The van der Waals surface area contributed by atoms with E-state index in [1.54, 1.807) is 0 Å². The Balaban J connectivity index is 1.90. The van der Waals surface area contributed by atoms with Crippen LogP contribution >= 0.6 is 15.9 Å². The van der Waals surface area contributed by atoms with Gasteiger partial charge in [-0.25, -0.2) is 0 Å². The van der Waals surface area contributed by atoms with Gasteiger partial charge in [-0.15, -0.1) is 0 Å². The Morgan fingerprint density at radius 3 is 2.90 bits per heavy atom. The maximum absolute atomic E-state index is 6.45. The van der Waals surface area contributed by atoms with Gasteiger partial charge in [-0.3, -0.25) is 4.90 Å². The van der Waals surface area contributed by atoms with E-state index in [0.717, 1.165) is 36.2 Å². The van der Waals surface area contributed by atoms with Crippen molar-refractivity contribution in [3.63, 3.8) is 0 Å². The van der Waals surface area contributed by atoms with Crippen LogP contribution in [-0.2, 0) is 0 Å². The van der Waals surface area contributed by atoms with E-state index in [4.69, 9.17) is 4.74 Å². The number of ether oxygens (including phenoxy) is 1. The van der Waals surface area contributed by atoms with Gasteiger partial charge in [0.1, 0.15) is 11.4 Å². The Labute approximate surface area is 129 Å². The van der Waals surface area contributed by atoms with Crippen LogP contribution in [0.3, 0.4) is 0 Å². The summed E-state index contributed by atoms with van der Waals surface area (Å²) < 4.78 is 7.56. The minimum Gasteiger partial charge on any atom is -0.485 e. The van der Waals surface area contributed by atoms with Gasteiger partial charge in [-0.2, -0.15) is 0 Å². The van der Waals surface area contributed by atoms with E-state index in [1.165, 1.54) is 5.56 Å². The van der Waals surface area contributed by atoms with Crippen LogP contribution in [0.2, 0.25) is 0 Å². The summed E-state index contributed by atoms with van der Waals surface area (Å²) in [5.74, 6) is 1.05. The first kappa shape index (κ1) is 14.4. The molecule has 0 amide bonds. The zero-order chi connectivity index (χ0) is 14.3. The first-order valence-electron chi connectivity index (χ1n) is 7.43. The lowest BCUT2D eigenvalue weighted by molar-refractivity contribution is 0.0365. The number of nitrogens with zero attached hydrogens (tertiary/aromatic N) is 1. The van der Waals surface area contributed by atoms with E-state index in [-0.39, 0.29) is 5.60 Å². The molecule has 0 aliphatic carbocycles. The minimum absolute atomic E-state index is 0.0151. The van der Waals surface area contributed by atoms with E-state index in [1.807, 2.05) is 7.05 Å². The zero-order valence-electron chi connectivity index (χ0n) is 12.4. The molecule has 4 heteroatoms. The molecule has 1 aromatic rings. The highest BCUT2D eigenvalue weighted by atomic mass is 79.9. The molecule has 1 N–H and O–H groups in total. The van der Waals surface area contributed by atoms with Crippen LogP contribution in [0.25, 0.3) is 0 Å². The highest BCUT2D eigenvalue weighted by Crippen LogP contribution is 2.44. The molecule has 0 radical (unpaired) electrons. The Bertz CT molecular complexity index is 505. The average molecular weight is 339 g/mol. The number of fused-ring (bicyclic) bond motifs is 1. The highest BCUT2D eigenvalue weighted by molar-refractivity contribution is 9.10. The molecule has 0 saturated carbocycles. The van der Waals surface area contributed by atoms with Gasteiger partial charge in [-0.05, 0) is 39.1 Å². The normalized spacial score (nSPS) is 29.8. The van der Waals surface area contributed by atoms with Gasteiger partial charge < -0.3 is 10.1 Å². The van der Waals surface area contributed by atoms with Crippen LogP contribution in [0.1, 0.15) is 38.3 Å². The molecule has 2 aliphatic heterocycles. The van der Waals surface area contributed by atoms with Crippen LogP contribution in [0.4, 0.5) is 0 Å². The highest BCUT2D eigenvalue weighted by Gasteiger charge is 2.46. The third-order valence-corrected chi connectivity index (χ3v) is 5.17. The van der Waals surface area contributed by atoms with E-state index in [9.17, 15) is 0 Å². The number of hydrogen-bond donors (Lipinski definition) is 1. The minimum atomic E-state index is -0.0151. The second-order valence-corrected chi connectivity index (χ2v) is 7.24. The van der Waals surface area contributed by atoms with Gasteiger partial charge in [0.25, 0.3) is 0 Å². The molecule has 1 fully saturated rings. The van der Waals surface area contributed by atoms with Crippen LogP contribution in [0, 0.1) is 0 Å². The van der Waals surface area contributed by atoms with E-state index in [0.29, 0.717) is 12.1 Å². The fourth-order valence-electron chi connectivity index (χ4n) is 3.47. The summed E-state index contributed by atoms with van der Waals surface area (Å²) in [6.45, 7) is 6.71. The van der Waals surface area contributed by atoms with Crippen molar-refractivity contribution in [3.05, 3.63) is 28.2 Å². The van der Waals surface area contributed by atoms with Gasteiger partial charge >= 0.3 is 0 Å². The number of nitrogens with one attached hydrogen (secondary N) is 1. The predicted octanol–water partition coefficient (Wildman–Crippen LogP) is 3.35. The smallest absolute Gasteiger partial charge is 0.125 e.